The second-order valence-electron chi connectivity index (χ2n) is 8.54. The molecular weight excluding hydrogens is 442 g/mol. The first-order valence-corrected chi connectivity index (χ1v) is 11.3. The van der Waals surface area contributed by atoms with E-state index in [-0.39, 0.29) is 6.10 Å². The van der Waals surface area contributed by atoms with Crippen molar-refractivity contribution in [3.05, 3.63) is 51.9 Å². The van der Waals surface area contributed by atoms with E-state index in [0.717, 1.165) is 30.7 Å². The highest BCUT2D eigenvalue weighted by Crippen LogP contribution is 2.40. The standard InChI is InChI=1S/C23H24ClN7O2/c1-12(2)32-23-19(24)9-15(11-25-23)22-26-21(29-33-22)17-7-8-18-14(5-6-16(18)13(17)3)10-20-27-30-31(4)28-20/h7-9,11-12,14H,5-6,10H2,1-4H3/t14-/m1/s1. The van der Waals surface area contributed by atoms with E-state index in [2.05, 4.69) is 49.6 Å². The summed E-state index contributed by atoms with van der Waals surface area (Å²) in [5.74, 6) is 2.45. The van der Waals surface area contributed by atoms with E-state index in [4.69, 9.17) is 20.9 Å². The number of hydrogen-bond donors (Lipinski definition) is 0. The fourth-order valence-corrected chi connectivity index (χ4v) is 4.56. The number of fused-ring (bicyclic) bond motifs is 1. The lowest BCUT2D eigenvalue weighted by atomic mass is 9.93. The zero-order valence-electron chi connectivity index (χ0n) is 18.9. The van der Waals surface area contributed by atoms with Crippen molar-refractivity contribution in [2.45, 2.75) is 52.1 Å². The summed E-state index contributed by atoms with van der Waals surface area (Å²) >= 11 is 6.32. The van der Waals surface area contributed by atoms with Gasteiger partial charge in [0.15, 0.2) is 5.82 Å². The first-order valence-electron chi connectivity index (χ1n) is 10.9. The Hall–Kier alpha value is -3.33. The van der Waals surface area contributed by atoms with Gasteiger partial charge in [0.05, 0.1) is 18.7 Å². The quantitative estimate of drug-likeness (QED) is 0.414. The van der Waals surface area contributed by atoms with Gasteiger partial charge in [-0.15, -0.1) is 10.2 Å². The van der Waals surface area contributed by atoms with Gasteiger partial charge in [-0.25, -0.2) is 4.98 Å². The minimum atomic E-state index is -0.0184. The Bertz CT molecular complexity index is 1310. The molecule has 3 aromatic heterocycles. The second kappa shape index (κ2) is 8.55. The smallest absolute Gasteiger partial charge is 0.259 e. The van der Waals surface area contributed by atoms with Gasteiger partial charge in [0.2, 0.25) is 11.7 Å². The molecule has 3 heterocycles. The molecule has 0 amide bonds. The Kier molecular flexibility index (Phi) is 5.57. The molecule has 1 aliphatic rings. The molecule has 5 rings (SSSR count). The molecule has 9 nitrogen and oxygen atoms in total. The highest BCUT2D eigenvalue weighted by molar-refractivity contribution is 6.32. The van der Waals surface area contributed by atoms with Crippen molar-refractivity contribution < 1.29 is 9.26 Å². The van der Waals surface area contributed by atoms with Gasteiger partial charge in [-0.3, -0.25) is 0 Å². The van der Waals surface area contributed by atoms with Crippen LogP contribution in [-0.4, -0.2) is 41.4 Å². The van der Waals surface area contributed by atoms with Crippen LogP contribution in [0.3, 0.4) is 0 Å². The zero-order valence-corrected chi connectivity index (χ0v) is 19.7. The summed E-state index contributed by atoms with van der Waals surface area (Å²) in [5, 5.41) is 17.0. The van der Waals surface area contributed by atoms with Gasteiger partial charge in [0, 0.05) is 18.2 Å². The van der Waals surface area contributed by atoms with Gasteiger partial charge in [0.1, 0.15) is 5.02 Å². The number of rotatable bonds is 6. The lowest BCUT2D eigenvalue weighted by molar-refractivity contribution is 0.233. The van der Waals surface area contributed by atoms with E-state index in [0.29, 0.717) is 34.1 Å². The Morgan fingerprint density at radius 2 is 2.15 bits per heavy atom. The molecule has 0 aliphatic heterocycles. The number of halogens is 1. The summed E-state index contributed by atoms with van der Waals surface area (Å²) in [6.45, 7) is 5.96. The van der Waals surface area contributed by atoms with Crippen LogP contribution < -0.4 is 4.74 Å². The fourth-order valence-electron chi connectivity index (χ4n) is 4.35. The van der Waals surface area contributed by atoms with Crippen molar-refractivity contribution in [3.8, 4) is 28.7 Å². The maximum absolute atomic E-state index is 6.32. The molecule has 10 heteroatoms. The molecule has 1 aromatic carbocycles. The van der Waals surface area contributed by atoms with Gasteiger partial charge in [-0.05, 0) is 67.5 Å². The van der Waals surface area contributed by atoms with E-state index < -0.39 is 0 Å². The number of benzene rings is 1. The highest BCUT2D eigenvalue weighted by Gasteiger charge is 2.27. The normalized spacial score (nSPS) is 15.3. The Morgan fingerprint density at radius 3 is 2.88 bits per heavy atom. The number of nitrogens with zero attached hydrogens (tertiary/aromatic N) is 7. The van der Waals surface area contributed by atoms with E-state index in [1.807, 2.05) is 13.8 Å². The highest BCUT2D eigenvalue weighted by atomic mass is 35.5. The van der Waals surface area contributed by atoms with Gasteiger partial charge in [-0.1, -0.05) is 28.9 Å². The number of hydrogen-bond acceptors (Lipinski definition) is 8. The molecule has 4 aromatic rings. The predicted molar refractivity (Wildman–Crippen MR) is 122 cm³/mol. The molecule has 0 saturated heterocycles. The number of aryl methyl sites for hydroxylation is 1. The average Bonchev–Trinajstić information content (AvgIpc) is 3.51. The topological polar surface area (TPSA) is 105 Å². The van der Waals surface area contributed by atoms with Crippen molar-refractivity contribution >= 4 is 11.6 Å². The molecule has 1 atom stereocenters. The Balaban J connectivity index is 1.40. The molecule has 1 aliphatic carbocycles. The third-order valence-corrected chi connectivity index (χ3v) is 6.14. The third kappa shape index (κ3) is 4.20. The zero-order chi connectivity index (χ0) is 23.1. The van der Waals surface area contributed by atoms with Gasteiger partial charge >= 0.3 is 0 Å². The fraction of sp³-hybridized carbons (Fsp3) is 0.391. The Morgan fingerprint density at radius 1 is 1.30 bits per heavy atom. The Labute approximate surface area is 196 Å². The van der Waals surface area contributed by atoms with Crippen LogP contribution in [0.15, 0.2) is 28.9 Å². The lowest BCUT2D eigenvalue weighted by Gasteiger charge is -2.12. The van der Waals surface area contributed by atoms with Gasteiger partial charge in [0.25, 0.3) is 5.89 Å². The van der Waals surface area contributed by atoms with E-state index in [1.54, 1.807) is 19.3 Å². The van der Waals surface area contributed by atoms with Crippen molar-refractivity contribution in [2.75, 3.05) is 0 Å². The van der Waals surface area contributed by atoms with Crippen LogP contribution in [0.4, 0.5) is 0 Å². The van der Waals surface area contributed by atoms with Crippen LogP contribution >= 0.6 is 11.6 Å². The number of ether oxygens (including phenoxy) is 1. The maximum Gasteiger partial charge on any atom is 0.259 e. The van der Waals surface area contributed by atoms with E-state index in [9.17, 15) is 0 Å². The monoisotopic (exact) mass is 465 g/mol. The maximum atomic E-state index is 6.32. The van der Waals surface area contributed by atoms with Crippen molar-refractivity contribution in [2.24, 2.45) is 7.05 Å². The summed E-state index contributed by atoms with van der Waals surface area (Å²) in [5.41, 5.74) is 5.45. The summed E-state index contributed by atoms with van der Waals surface area (Å²) in [4.78, 5) is 10.4. The largest absolute Gasteiger partial charge is 0.474 e. The van der Waals surface area contributed by atoms with E-state index in [1.165, 1.54) is 21.5 Å². The van der Waals surface area contributed by atoms with Crippen LogP contribution in [0.25, 0.3) is 22.8 Å². The van der Waals surface area contributed by atoms with Crippen LogP contribution in [0.2, 0.25) is 5.02 Å². The van der Waals surface area contributed by atoms with Gasteiger partial charge < -0.3 is 9.26 Å². The third-order valence-electron chi connectivity index (χ3n) is 5.86. The van der Waals surface area contributed by atoms with Crippen molar-refractivity contribution in [3.63, 3.8) is 0 Å². The molecule has 0 unspecified atom stereocenters. The molecular formula is C23H24ClN7O2. The summed E-state index contributed by atoms with van der Waals surface area (Å²) in [6, 6.07) is 5.96. The first kappa shape index (κ1) is 21.5. The SMILES string of the molecule is Cc1c(-c2noc(-c3cnc(OC(C)C)c(Cl)c3)n2)ccc2c1CC[C@@H]2Cc1nnn(C)n1. The average molecular weight is 466 g/mol. The van der Waals surface area contributed by atoms with E-state index >= 15 is 0 Å². The molecule has 33 heavy (non-hydrogen) atoms. The van der Waals surface area contributed by atoms with Crippen molar-refractivity contribution in [1.29, 1.82) is 0 Å². The molecule has 0 bridgehead atoms. The lowest BCUT2D eigenvalue weighted by Crippen LogP contribution is -2.07. The second-order valence-corrected chi connectivity index (χ2v) is 8.95. The molecule has 0 radical (unpaired) electrons. The number of aromatic nitrogens is 7. The molecule has 0 fully saturated rings. The number of tetrazole rings is 1. The number of pyridine rings is 1. The van der Waals surface area contributed by atoms with Crippen LogP contribution in [0, 0.1) is 6.92 Å². The van der Waals surface area contributed by atoms with Crippen LogP contribution in [0.1, 0.15) is 48.7 Å². The predicted octanol–water partition coefficient (Wildman–Crippen LogP) is 4.34. The molecule has 0 N–H and O–H groups in total. The minimum Gasteiger partial charge on any atom is -0.474 e. The minimum absolute atomic E-state index is 0.0184. The summed E-state index contributed by atoms with van der Waals surface area (Å²) in [6.07, 6.45) is 4.46. The molecule has 170 valence electrons. The summed E-state index contributed by atoms with van der Waals surface area (Å²) < 4.78 is 11.1. The van der Waals surface area contributed by atoms with Gasteiger partial charge in [-0.2, -0.15) is 9.78 Å². The van der Waals surface area contributed by atoms with Crippen LogP contribution in [0.5, 0.6) is 5.88 Å². The first-order chi connectivity index (χ1) is 15.9. The molecule has 0 spiro atoms. The molecule has 0 saturated carbocycles. The van der Waals surface area contributed by atoms with Crippen LogP contribution in [-0.2, 0) is 19.9 Å². The summed E-state index contributed by atoms with van der Waals surface area (Å²) in [7, 11) is 1.78. The van der Waals surface area contributed by atoms with Crippen molar-refractivity contribution in [1.82, 2.24) is 35.3 Å².